The summed E-state index contributed by atoms with van der Waals surface area (Å²) in [5, 5.41) is 10.2. The van der Waals surface area contributed by atoms with Gasteiger partial charge in [0.1, 0.15) is 11.6 Å². The van der Waals surface area contributed by atoms with E-state index in [1.807, 2.05) is 37.3 Å². The van der Waals surface area contributed by atoms with Gasteiger partial charge in [-0.15, -0.1) is 0 Å². The molecule has 0 fully saturated rings. The summed E-state index contributed by atoms with van der Waals surface area (Å²) in [6.07, 6.45) is 2.26. The highest BCUT2D eigenvalue weighted by Crippen LogP contribution is 2.32. The summed E-state index contributed by atoms with van der Waals surface area (Å²) in [5.41, 5.74) is 2.84. The number of carbonyl (C=O) groups excluding carboxylic acids is 2. The molecule has 0 radical (unpaired) electrons. The van der Waals surface area contributed by atoms with Gasteiger partial charge in [-0.2, -0.15) is 5.26 Å². The molecular weight excluding hydrogens is 452 g/mol. The molecule has 1 heterocycles. The number of nitriles is 1. The molecule has 6 nitrogen and oxygen atoms in total. The van der Waals surface area contributed by atoms with Crippen molar-refractivity contribution in [3.63, 3.8) is 0 Å². The summed E-state index contributed by atoms with van der Waals surface area (Å²) in [5.74, 6) is -0.350. The first-order chi connectivity index (χ1) is 16.5. The normalized spacial score (nSPS) is 12.6. The summed E-state index contributed by atoms with van der Waals surface area (Å²) in [6, 6.07) is 20.9. The molecule has 0 saturated carbocycles. The highest BCUT2D eigenvalue weighted by molar-refractivity contribution is 6.30. The molecule has 0 saturated heterocycles. The van der Waals surface area contributed by atoms with E-state index in [0.717, 1.165) is 17.7 Å². The molecule has 170 valence electrons. The van der Waals surface area contributed by atoms with Crippen LogP contribution in [0, 0.1) is 11.3 Å². The molecule has 1 aliphatic heterocycles. The first kappa shape index (κ1) is 23.1. The summed E-state index contributed by atoms with van der Waals surface area (Å²) in [7, 11) is 0. The molecule has 7 heteroatoms. The Hall–Kier alpha value is -4.08. The van der Waals surface area contributed by atoms with Crippen LogP contribution in [0.5, 0.6) is 11.5 Å². The summed E-state index contributed by atoms with van der Waals surface area (Å²) >= 11 is 5.88. The largest absolute Gasteiger partial charge is 0.490 e. The SMILES string of the molecule is CCOc1cc(/C=C(\C#N)C(=O)N2CCc3ccccc32)ccc1OC(=O)c1ccc(Cl)cc1. The van der Waals surface area contributed by atoms with Gasteiger partial charge in [-0.3, -0.25) is 4.79 Å². The fourth-order valence-electron chi connectivity index (χ4n) is 3.71. The lowest BCUT2D eigenvalue weighted by molar-refractivity contribution is -0.114. The van der Waals surface area contributed by atoms with E-state index < -0.39 is 5.97 Å². The lowest BCUT2D eigenvalue weighted by Crippen LogP contribution is -2.29. The number of nitrogens with zero attached hydrogens (tertiary/aromatic N) is 2. The second-order valence-corrected chi connectivity index (χ2v) is 7.98. The Morgan fingerprint density at radius 3 is 2.59 bits per heavy atom. The van der Waals surface area contributed by atoms with Crippen molar-refractivity contribution in [1.29, 1.82) is 5.26 Å². The number of amides is 1. The number of fused-ring (bicyclic) bond motifs is 1. The third-order valence-corrected chi connectivity index (χ3v) is 5.60. The zero-order valence-electron chi connectivity index (χ0n) is 18.5. The van der Waals surface area contributed by atoms with Gasteiger partial charge in [0.25, 0.3) is 5.91 Å². The molecule has 4 rings (SSSR count). The number of esters is 1. The van der Waals surface area contributed by atoms with Gasteiger partial charge in [0.2, 0.25) is 0 Å². The van der Waals surface area contributed by atoms with Gasteiger partial charge in [-0.1, -0.05) is 35.9 Å². The predicted octanol–water partition coefficient (Wildman–Crippen LogP) is 5.45. The lowest BCUT2D eigenvalue weighted by atomic mass is 10.1. The molecule has 0 aliphatic carbocycles. The molecule has 34 heavy (non-hydrogen) atoms. The minimum atomic E-state index is -0.554. The van der Waals surface area contributed by atoms with E-state index in [2.05, 4.69) is 0 Å². The standard InChI is InChI=1S/C27H21ClN2O4/c1-2-33-25-16-18(7-12-24(25)34-27(32)20-8-10-22(28)11-9-20)15-21(17-29)26(31)30-14-13-19-5-3-4-6-23(19)30/h3-12,15-16H,2,13-14H2,1H3/b21-15+. The lowest BCUT2D eigenvalue weighted by Gasteiger charge is -2.16. The second-order valence-electron chi connectivity index (χ2n) is 7.54. The Kier molecular flexibility index (Phi) is 6.95. The molecule has 0 spiro atoms. The zero-order valence-corrected chi connectivity index (χ0v) is 19.2. The van der Waals surface area contributed by atoms with Crippen molar-refractivity contribution in [3.05, 3.63) is 94.0 Å². The van der Waals surface area contributed by atoms with E-state index >= 15 is 0 Å². The number of para-hydroxylation sites is 1. The number of hydrogen-bond acceptors (Lipinski definition) is 5. The number of carbonyl (C=O) groups is 2. The van der Waals surface area contributed by atoms with Gasteiger partial charge >= 0.3 is 5.97 Å². The van der Waals surface area contributed by atoms with Crippen LogP contribution in [0.25, 0.3) is 6.08 Å². The van der Waals surface area contributed by atoms with Crippen LogP contribution in [-0.2, 0) is 11.2 Å². The van der Waals surface area contributed by atoms with Crippen LogP contribution in [0.1, 0.15) is 28.4 Å². The van der Waals surface area contributed by atoms with Gasteiger partial charge in [-0.25, -0.2) is 4.79 Å². The minimum absolute atomic E-state index is 0.00469. The highest BCUT2D eigenvalue weighted by Gasteiger charge is 2.26. The van der Waals surface area contributed by atoms with Crippen LogP contribution >= 0.6 is 11.6 Å². The van der Waals surface area contributed by atoms with Crippen LogP contribution in [0.4, 0.5) is 5.69 Å². The number of hydrogen-bond donors (Lipinski definition) is 0. The van der Waals surface area contributed by atoms with Gasteiger partial charge in [0, 0.05) is 17.3 Å². The quantitative estimate of drug-likeness (QED) is 0.206. The molecule has 0 bridgehead atoms. The van der Waals surface area contributed by atoms with Gasteiger partial charge in [-0.05, 0) is 73.0 Å². The van der Waals surface area contributed by atoms with Crippen LogP contribution in [-0.4, -0.2) is 25.0 Å². The maximum Gasteiger partial charge on any atom is 0.343 e. The molecule has 0 aromatic heterocycles. The third kappa shape index (κ3) is 4.95. The topological polar surface area (TPSA) is 79.6 Å². The Morgan fingerprint density at radius 2 is 1.85 bits per heavy atom. The fraction of sp³-hybridized carbons (Fsp3) is 0.148. The molecule has 1 amide bonds. The van der Waals surface area contributed by atoms with E-state index in [1.165, 1.54) is 6.08 Å². The molecule has 0 atom stereocenters. The average molecular weight is 473 g/mol. The third-order valence-electron chi connectivity index (χ3n) is 5.34. The van der Waals surface area contributed by atoms with Crippen molar-refractivity contribution in [1.82, 2.24) is 0 Å². The molecule has 3 aromatic rings. The van der Waals surface area contributed by atoms with Crippen molar-refractivity contribution in [2.24, 2.45) is 0 Å². The number of halogens is 1. The molecule has 1 aliphatic rings. The van der Waals surface area contributed by atoms with E-state index in [-0.39, 0.29) is 17.2 Å². The predicted molar refractivity (Wildman–Crippen MR) is 130 cm³/mol. The Balaban J connectivity index is 1.58. The molecule has 0 unspecified atom stereocenters. The zero-order chi connectivity index (χ0) is 24.1. The van der Waals surface area contributed by atoms with Gasteiger partial charge in [0.15, 0.2) is 11.5 Å². The van der Waals surface area contributed by atoms with Gasteiger partial charge < -0.3 is 14.4 Å². The maximum absolute atomic E-state index is 13.1. The summed E-state index contributed by atoms with van der Waals surface area (Å²) < 4.78 is 11.2. The molecular formula is C27H21ClN2O4. The van der Waals surface area contributed by atoms with Crippen molar-refractivity contribution < 1.29 is 19.1 Å². The van der Waals surface area contributed by atoms with E-state index in [9.17, 15) is 14.9 Å². The second kappa shape index (κ2) is 10.2. The van der Waals surface area contributed by atoms with Crippen LogP contribution in [0.2, 0.25) is 5.02 Å². The van der Waals surface area contributed by atoms with Crippen LogP contribution in [0.3, 0.4) is 0 Å². The monoisotopic (exact) mass is 472 g/mol. The Bertz CT molecular complexity index is 1310. The number of rotatable bonds is 6. The molecule has 0 N–H and O–H groups in total. The Morgan fingerprint density at radius 1 is 1.09 bits per heavy atom. The van der Waals surface area contributed by atoms with Crippen LogP contribution in [0.15, 0.2) is 72.3 Å². The number of benzene rings is 3. The summed E-state index contributed by atoms with van der Waals surface area (Å²) in [6.45, 7) is 2.68. The first-order valence-corrected chi connectivity index (χ1v) is 11.1. The average Bonchev–Trinajstić information content (AvgIpc) is 3.28. The smallest absolute Gasteiger partial charge is 0.343 e. The highest BCUT2D eigenvalue weighted by atomic mass is 35.5. The van der Waals surface area contributed by atoms with E-state index in [0.29, 0.717) is 35.1 Å². The minimum Gasteiger partial charge on any atom is -0.490 e. The van der Waals surface area contributed by atoms with Crippen molar-refractivity contribution in [2.75, 3.05) is 18.1 Å². The van der Waals surface area contributed by atoms with Crippen molar-refractivity contribution in [3.8, 4) is 17.6 Å². The molecule has 3 aromatic carbocycles. The maximum atomic E-state index is 13.1. The van der Waals surface area contributed by atoms with E-state index in [1.54, 1.807) is 47.4 Å². The summed E-state index contributed by atoms with van der Waals surface area (Å²) in [4.78, 5) is 27.2. The van der Waals surface area contributed by atoms with Crippen molar-refractivity contribution >= 4 is 35.2 Å². The fourth-order valence-corrected chi connectivity index (χ4v) is 3.84. The number of ether oxygens (including phenoxy) is 2. The number of anilines is 1. The Labute approximate surface area is 202 Å². The first-order valence-electron chi connectivity index (χ1n) is 10.8. The van der Waals surface area contributed by atoms with Crippen molar-refractivity contribution in [2.45, 2.75) is 13.3 Å². The van der Waals surface area contributed by atoms with E-state index in [4.69, 9.17) is 21.1 Å². The van der Waals surface area contributed by atoms with Crippen LogP contribution < -0.4 is 14.4 Å². The van der Waals surface area contributed by atoms with Gasteiger partial charge in [0.05, 0.1) is 12.2 Å².